The van der Waals surface area contributed by atoms with E-state index in [0.717, 1.165) is 11.3 Å². The molecule has 1 N–H and O–H groups in total. The molecular formula is C14H22N2O3S. The molecule has 2 rings (SSSR count). The van der Waals surface area contributed by atoms with Crippen molar-refractivity contribution >= 4 is 10.0 Å². The molecule has 0 unspecified atom stereocenters. The molecule has 1 aromatic rings. The van der Waals surface area contributed by atoms with E-state index in [-0.39, 0.29) is 6.04 Å². The fraction of sp³-hybridized carbons (Fsp3) is 0.571. The maximum atomic E-state index is 12.7. The summed E-state index contributed by atoms with van der Waals surface area (Å²) in [4.78, 5) is 0.340. The number of ether oxygens (including phenoxy) is 1. The molecule has 0 spiro atoms. The lowest BCUT2D eigenvalue weighted by molar-refractivity contribution is 0.284. The largest absolute Gasteiger partial charge is 0.494 e. The second-order valence-corrected chi connectivity index (χ2v) is 6.92. The molecule has 20 heavy (non-hydrogen) atoms. The van der Waals surface area contributed by atoms with Gasteiger partial charge in [0.25, 0.3) is 0 Å². The maximum absolute atomic E-state index is 12.7. The first-order valence-electron chi connectivity index (χ1n) is 6.93. The van der Waals surface area contributed by atoms with Crippen LogP contribution in [0.2, 0.25) is 0 Å². The highest BCUT2D eigenvalue weighted by Gasteiger charge is 2.31. The van der Waals surface area contributed by atoms with Gasteiger partial charge in [0.1, 0.15) is 5.75 Å². The van der Waals surface area contributed by atoms with E-state index in [1.165, 1.54) is 0 Å². The van der Waals surface area contributed by atoms with Gasteiger partial charge in [0, 0.05) is 25.7 Å². The standard InChI is InChI=1S/C14H22N2O3S/c1-4-19-14-6-5-13(9-11(14)2)20(17,18)16-8-7-15-10-12(16)3/h5-6,9,12,15H,4,7-8,10H2,1-3H3/t12-/m0/s1. The Morgan fingerprint density at radius 3 is 2.80 bits per heavy atom. The average molecular weight is 298 g/mol. The highest BCUT2D eigenvalue weighted by molar-refractivity contribution is 7.89. The smallest absolute Gasteiger partial charge is 0.243 e. The monoisotopic (exact) mass is 298 g/mol. The van der Waals surface area contributed by atoms with E-state index < -0.39 is 10.0 Å². The summed E-state index contributed by atoms with van der Waals surface area (Å²) in [6, 6.07) is 5.02. The van der Waals surface area contributed by atoms with Gasteiger partial charge in [-0.2, -0.15) is 4.31 Å². The second kappa shape index (κ2) is 6.11. The minimum Gasteiger partial charge on any atom is -0.494 e. The summed E-state index contributed by atoms with van der Waals surface area (Å²) in [7, 11) is -3.43. The molecule has 1 saturated heterocycles. The Balaban J connectivity index is 2.31. The van der Waals surface area contributed by atoms with E-state index in [9.17, 15) is 8.42 Å². The van der Waals surface area contributed by atoms with Gasteiger partial charge >= 0.3 is 0 Å². The zero-order valence-corrected chi connectivity index (χ0v) is 13.0. The van der Waals surface area contributed by atoms with Crippen molar-refractivity contribution in [3.8, 4) is 5.75 Å². The third-order valence-corrected chi connectivity index (χ3v) is 5.50. The van der Waals surface area contributed by atoms with Crippen molar-refractivity contribution in [3.05, 3.63) is 23.8 Å². The van der Waals surface area contributed by atoms with E-state index in [1.807, 2.05) is 20.8 Å². The number of rotatable bonds is 4. The molecule has 0 aromatic heterocycles. The van der Waals surface area contributed by atoms with Crippen LogP contribution in [0.1, 0.15) is 19.4 Å². The van der Waals surface area contributed by atoms with Crippen molar-refractivity contribution in [2.45, 2.75) is 31.7 Å². The number of hydrogen-bond donors (Lipinski definition) is 1. The fourth-order valence-corrected chi connectivity index (χ4v) is 4.13. The Morgan fingerprint density at radius 1 is 1.45 bits per heavy atom. The normalized spacial score (nSPS) is 20.9. The highest BCUT2D eigenvalue weighted by atomic mass is 32.2. The highest BCUT2D eigenvalue weighted by Crippen LogP contribution is 2.25. The van der Waals surface area contributed by atoms with Crippen molar-refractivity contribution < 1.29 is 13.2 Å². The summed E-state index contributed by atoms with van der Waals surface area (Å²) < 4.78 is 32.4. The second-order valence-electron chi connectivity index (χ2n) is 5.03. The number of nitrogens with zero attached hydrogens (tertiary/aromatic N) is 1. The third kappa shape index (κ3) is 2.97. The van der Waals surface area contributed by atoms with Gasteiger partial charge < -0.3 is 10.1 Å². The number of nitrogens with one attached hydrogen (secondary N) is 1. The van der Waals surface area contributed by atoms with Crippen LogP contribution >= 0.6 is 0 Å². The third-order valence-electron chi connectivity index (χ3n) is 3.49. The molecule has 1 aliphatic heterocycles. The van der Waals surface area contributed by atoms with Crippen LogP contribution in [0.3, 0.4) is 0 Å². The molecule has 5 nitrogen and oxygen atoms in total. The van der Waals surface area contributed by atoms with Crippen LogP contribution in [0.5, 0.6) is 5.75 Å². The van der Waals surface area contributed by atoms with Crippen LogP contribution in [0, 0.1) is 6.92 Å². The lowest BCUT2D eigenvalue weighted by Gasteiger charge is -2.32. The fourth-order valence-electron chi connectivity index (χ4n) is 2.41. The quantitative estimate of drug-likeness (QED) is 0.912. The molecule has 1 atom stereocenters. The van der Waals surface area contributed by atoms with Crippen LogP contribution in [0.4, 0.5) is 0 Å². The van der Waals surface area contributed by atoms with Crippen molar-refractivity contribution in [2.24, 2.45) is 0 Å². The van der Waals surface area contributed by atoms with Gasteiger partial charge in [-0.3, -0.25) is 0 Å². The molecule has 0 bridgehead atoms. The molecule has 6 heteroatoms. The minimum absolute atomic E-state index is 0.0272. The van der Waals surface area contributed by atoms with Crippen LogP contribution in [-0.2, 0) is 10.0 Å². The topological polar surface area (TPSA) is 58.6 Å². The summed E-state index contributed by atoms with van der Waals surface area (Å²) >= 11 is 0. The molecular weight excluding hydrogens is 276 g/mol. The number of aryl methyl sites for hydroxylation is 1. The predicted molar refractivity (Wildman–Crippen MR) is 78.6 cm³/mol. The maximum Gasteiger partial charge on any atom is 0.243 e. The summed E-state index contributed by atoms with van der Waals surface area (Å²) in [6.07, 6.45) is 0. The Morgan fingerprint density at radius 2 is 2.20 bits per heavy atom. The van der Waals surface area contributed by atoms with Crippen molar-refractivity contribution in [1.29, 1.82) is 0 Å². The molecule has 1 aliphatic rings. The molecule has 0 amide bonds. The SMILES string of the molecule is CCOc1ccc(S(=O)(=O)N2CCNC[C@@H]2C)cc1C. The van der Waals surface area contributed by atoms with E-state index in [2.05, 4.69) is 5.32 Å². The van der Waals surface area contributed by atoms with Crippen LogP contribution in [0.15, 0.2) is 23.1 Å². The van der Waals surface area contributed by atoms with Crippen molar-refractivity contribution in [2.75, 3.05) is 26.2 Å². The number of benzene rings is 1. The van der Waals surface area contributed by atoms with Gasteiger partial charge in [0.15, 0.2) is 0 Å². The summed E-state index contributed by atoms with van der Waals surface area (Å²) in [5, 5.41) is 3.20. The van der Waals surface area contributed by atoms with Crippen LogP contribution in [0.25, 0.3) is 0 Å². The average Bonchev–Trinajstić information content (AvgIpc) is 2.41. The molecule has 112 valence electrons. The van der Waals surface area contributed by atoms with Crippen LogP contribution in [-0.4, -0.2) is 45.0 Å². The summed E-state index contributed by atoms with van der Waals surface area (Å²) in [6.45, 7) is 8.16. The zero-order chi connectivity index (χ0) is 14.8. The number of piperazine rings is 1. The predicted octanol–water partition coefficient (Wildman–Crippen LogP) is 1.38. The Labute approximate surface area is 121 Å². The molecule has 0 radical (unpaired) electrons. The minimum atomic E-state index is -3.43. The first-order chi connectivity index (χ1) is 9.46. The van der Waals surface area contributed by atoms with E-state index >= 15 is 0 Å². The first kappa shape index (κ1) is 15.3. The van der Waals surface area contributed by atoms with Crippen LogP contribution < -0.4 is 10.1 Å². The summed E-state index contributed by atoms with van der Waals surface area (Å²) in [5.74, 6) is 0.736. The van der Waals surface area contributed by atoms with Crippen molar-refractivity contribution in [3.63, 3.8) is 0 Å². The zero-order valence-electron chi connectivity index (χ0n) is 12.2. The van der Waals surface area contributed by atoms with Gasteiger partial charge in [0.2, 0.25) is 10.0 Å². The molecule has 0 aliphatic carbocycles. The molecule has 1 fully saturated rings. The van der Waals surface area contributed by atoms with Gasteiger partial charge in [0.05, 0.1) is 11.5 Å². The van der Waals surface area contributed by atoms with Gasteiger partial charge in [-0.05, 0) is 44.5 Å². The van der Waals surface area contributed by atoms with Gasteiger partial charge in [-0.15, -0.1) is 0 Å². The molecule has 1 aromatic carbocycles. The Kier molecular flexibility index (Phi) is 4.67. The number of sulfonamides is 1. The first-order valence-corrected chi connectivity index (χ1v) is 8.37. The molecule has 0 saturated carbocycles. The van der Waals surface area contributed by atoms with Gasteiger partial charge in [-0.25, -0.2) is 8.42 Å². The van der Waals surface area contributed by atoms with E-state index in [4.69, 9.17) is 4.74 Å². The lowest BCUT2D eigenvalue weighted by Crippen LogP contribution is -2.52. The molecule has 1 heterocycles. The van der Waals surface area contributed by atoms with Gasteiger partial charge in [-0.1, -0.05) is 0 Å². The summed E-state index contributed by atoms with van der Waals surface area (Å²) in [5.41, 5.74) is 0.843. The van der Waals surface area contributed by atoms with E-state index in [1.54, 1.807) is 22.5 Å². The number of hydrogen-bond acceptors (Lipinski definition) is 4. The Hall–Kier alpha value is -1.11. The Bertz CT molecular complexity index is 572. The van der Waals surface area contributed by atoms with E-state index in [0.29, 0.717) is 31.1 Å². The van der Waals surface area contributed by atoms with Crippen molar-refractivity contribution in [1.82, 2.24) is 9.62 Å². The lowest BCUT2D eigenvalue weighted by atomic mass is 10.2.